The van der Waals surface area contributed by atoms with Crippen molar-refractivity contribution in [1.29, 1.82) is 0 Å². The second kappa shape index (κ2) is 24.6. The minimum atomic E-state index is 0. The molecule has 9 nitrogen and oxygen atoms in total. The number of halogens is 2. The molecule has 0 atom stereocenters. The number of rotatable bonds is 17. The average Bonchev–Trinajstić information content (AvgIpc) is 3.25. The Balaban J connectivity index is 0.000000252. The summed E-state index contributed by atoms with van der Waals surface area (Å²) in [5.41, 5.74) is 2.22. The van der Waals surface area contributed by atoms with Crippen LogP contribution in [0.2, 0.25) is 10.0 Å². The summed E-state index contributed by atoms with van der Waals surface area (Å²) >= 11 is 11.8. The van der Waals surface area contributed by atoms with Gasteiger partial charge >= 0.3 is 0 Å². The number of carbonyl (C=O) groups excluding carboxylic acids is 1. The van der Waals surface area contributed by atoms with E-state index in [1.165, 1.54) is 31.5 Å². The number of amides is 1. The van der Waals surface area contributed by atoms with Crippen molar-refractivity contribution in [2.45, 2.75) is 58.8 Å². The molecule has 0 saturated carbocycles. The van der Waals surface area contributed by atoms with Gasteiger partial charge in [-0.15, -0.1) is 0 Å². The van der Waals surface area contributed by atoms with E-state index in [2.05, 4.69) is 17.0 Å². The van der Waals surface area contributed by atoms with Crippen molar-refractivity contribution in [3.63, 3.8) is 0 Å². The van der Waals surface area contributed by atoms with Gasteiger partial charge in [0.2, 0.25) is 5.91 Å². The summed E-state index contributed by atoms with van der Waals surface area (Å²) in [5, 5.41) is 1.45. The van der Waals surface area contributed by atoms with Crippen LogP contribution in [0.25, 0.3) is 0 Å². The molecule has 2 aliphatic heterocycles. The molecule has 4 aromatic rings. The van der Waals surface area contributed by atoms with Gasteiger partial charge in [-0.2, -0.15) is 0 Å². The fraction of sp³-hybridized carbons (Fsp3) is 0.468. The largest absolute Gasteiger partial charge is 0.494 e. The van der Waals surface area contributed by atoms with Crippen LogP contribution >= 0.6 is 23.2 Å². The number of hydrogen-bond acceptors (Lipinski definition) is 8. The average molecular weight is 838 g/mol. The van der Waals surface area contributed by atoms with E-state index in [0.717, 1.165) is 97.8 Å². The molecule has 316 valence electrons. The highest BCUT2D eigenvalue weighted by Crippen LogP contribution is 2.30. The molecule has 2 saturated heterocycles. The lowest BCUT2D eigenvalue weighted by Crippen LogP contribution is -2.39. The molecular formula is C47H62Cl2N2O7. The maximum Gasteiger partial charge on any atom is 0.226 e. The van der Waals surface area contributed by atoms with Crippen LogP contribution in [-0.2, 0) is 17.6 Å². The molecule has 0 unspecified atom stereocenters. The molecule has 1 amide bonds. The van der Waals surface area contributed by atoms with Crippen molar-refractivity contribution >= 4 is 29.1 Å². The van der Waals surface area contributed by atoms with E-state index in [9.17, 15) is 4.79 Å². The molecular weight excluding hydrogens is 775 g/mol. The number of likely N-dealkylation sites (tertiary alicyclic amines) is 2. The Labute approximate surface area is 356 Å². The summed E-state index contributed by atoms with van der Waals surface area (Å²) in [6.07, 6.45) is 8.05. The molecule has 6 rings (SSSR count). The number of carbonyl (C=O) groups is 1. The highest BCUT2D eigenvalue weighted by Gasteiger charge is 2.23. The maximum absolute atomic E-state index is 12.7. The maximum atomic E-state index is 12.7. The van der Waals surface area contributed by atoms with Gasteiger partial charge in [-0.05, 0) is 154 Å². The van der Waals surface area contributed by atoms with Gasteiger partial charge in [0.15, 0.2) is 23.0 Å². The van der Waals surface area contributed by atoms with Crippen LogP contribution in [0.15, 0.2) is 84.9 Å². The number of nitrogens with zero attached hydrogens (tertiary/aromatic N) is 2. The zero-order chi connectivity index (χ0) is 40.4. The second-order valence-electron chi connectivity index (χ2n) is 14.6. The number of ether oxygens (including phenoxy) is 6. The lowest BCUT2D eigenvalue weighted by Gasteiger charge is -2.32. The molecule has 2 fully saturated rings. The predicted molar refractivity (Wildman–Crippen MR) is 235 cm³/mol. The van der Waals surface area contributed by atoms with Gasteiger partial charge in [-0.1, -0.05) is 42.8 Å². The topological polar surface area (TPSA) is 78.9 Å². The first-order valence-electron chi connectivity index (χ1n) is 20.0. The first-order valence-corrected chi connectivity index (χ1v) is 20.7. The molecule has 0 bridgehead atoms. The van der Waals surface area contributed by atoms with Gasteiger partial charge in [-0.3, -0.25) is 4.79 Å². The third-order valence-corrected chi connectivity index (χ3v) is 11.4. The molecule has 0 aromatic heterocycles. The minimum absolute atomic E-state index is 0. The molecule has 0 spiro atoms. The summed E-state index contributed by atoms with van der Waals surface area (Å²) in [6, 6.07) is 26.9. The molecule has 2 aliphatic rings. The van der Waals surface area contributed by atoms with Gasteiger partial charge in [0.25, 0.3) is 0 Å². The number of hydrogen-bond donors (Lipinski definition) is 0. The van der Waals surface area contributed by atoms with E-state index in [4.69, 9.17) is 51.6 Å². The first kappa shape index (κ1) is 46.4. The Bertz CT molecular complexity index is 1790. The van der Waals surface area contributed by atoms with Crippen molar-refractivity contribution < 1.29 is 33.2 Å². The third-order valence-electron chi connectivity index (χ3n) is 10.9. The highest BCUT2D eigenvalue weighted by molar-refractivity contribution is 6.30. The van der Waals surface area contributed by atoms with Crippen LogP contribution in [-0.4, -0.2) is 90.1 Å². The number of piperidine rings is 2. The standard InChI is InChI=1S/C23H28ClNO4.C23H30ClNO3.CH4/c1-27-21-8-3-18(15-22(21)28-2)16-23(26)25-12-9-17(10-13-25)11-14-29-20-6-4-19(24)5-7-20;1-26-22-8-3-19(17-23(22)27-2)11-15-25-13-9-18(10-14-25)12-16-28-21-6-4-20(24)5-7-21;/h3-8,15,17H,9-14,16H2,1-2H3;3-8,17-18H,9-16H2,1-2H3;1H4. The summed E-state index contributed by atoms with van der Waals surface area (Å²) in [7, 11) is 6.56. The van der Waals surface area contributed by atoms with Crippen LogP contribution in [0.5, 0.6) is 34.5 Å². The van der Waals surface area contributed by atoms with Crippen LogP contribution < -0.4 is 28.4 Å². The molecule has 58 heavy (non-hydrogen) atoms. The highest BCUT2D eigenvalue weighted by atomic mass is 35.5. The van der Waals surface area contributed by atoms with Gasteiger partial charge in [0.05, 0.1) is 48.1 Å². The zero-order valence-electron chi connectivity index (χ0n) is 33.9. The van der Waals surface area contributed by atoms with E-state index >= 15 is 0 Å². The van der Waals surface area contributed by atoms with E-state index < -0.39 is 0 Å². The molecule has 0 N–H and O–H groups in total. The Hall–Kier alpha value is -4.31. The number of methoxy groups -OCH3 is 4. The van der Waals surface area contributed by atoms with E-state index in [1.807, 2.05) is 77.7 Å². The van der Waals surface area contributed by atoms with Crippen LogP contribution in [0.1, 0.15) is 57.1 Å². The smallest absolute Gasteiger partial charge is 0.226 e. The zero-order valence-corrected chi connectivity index (χ0v) is 35.4. The van der Waals surface area contributed by atoms with Gasteiger partial charge in [0, 0.05) is 29.7 Å². The van der Waals surface area contributed by atoms with Crippen molar-refractivity contribution in [2.24, 2.45) is 11.8 Å². The Morgan fingerprint density at radius 2 is 1.02 bits per heavy atom. The summed E-state index contributed by atoms with van der Waals surface area (Å²) < 4.78 is 32.9. The monoisotopic (exact) mass is 836 g/mol. The normalized spacial score (nSPS) is 14.7. The quantitative estimate of drug-likeness (QED) is 0.104. The first-order chi connectivity index (χ1) is 27.8. The van der Waals surface area contributed by atoms with Crippen molar-refractivity contribution in [3.05, 3.63) is 106 Å². The Kier molecular flexibility index (Phi) is 19.7. The van der Waals surface area contributed by atoms with Crippen LogP contribution in [0, 0.1) is 11.8 Å². The van der Waals surface area contributed by atoms with E-state index in [-0.39, 0.29) is 13.3 Å². The molecule has 0 aliphatic carbocycles. The summed E-state index contributed by atoms with van der Waals surface area (Å²) in [4.78, 5) is 17.2. The fourth-order valence-electron chi connectivity index (χ4n) is 7.32. The lowest BCUT2D eigenvalue weighted by molar-refractivity contribution is -0.131. The summed E-state index contributed by atoms with van der Waals surface area (Å²) in [5.74, 6) is 6.16. The fourth-order valence-corrected chi connectivity index (χ4v) is 7.57. The van der Waals surface area contributed by atoms with E-state index in [0.29, 0.717) is 35.5 Å². The minimum Gasteiger partial charge on any atom is -0.494 e. The van der Waals surface area contributed by atoms with Gasteiger partial charge in [0.1, 0.15) is 11.5 Å². The Morgan fingerprint density at radius 3 is 1.48 bits per heavy atom. The third kappa shape index (κ3) is 14.8. The van der Waals surface area contributed by atoms with Crippen LogP contribution in [0.3, 0.4) is 0 Å². The van der Waals surface area contributed by atoms with E-state index in [1.54, 1.807) is 28.4 Å². The number of benzene rings is 4. The molecule has 0 radical (unpaired) electrons. The SMILES string of the molecule is C.COc1ccc(CC(=O)N2CCC(CCOc3ccc(Cl)cc3)CC2)cc1OC.COc1ccc(CCN2CCC(CCOc3ccc(Cl)cc3)CC2)cc1OC. The van der Waals surface area contributed by atoms with Gasteiger partial charge < -0.3 is 38.2 Å². The van der Waals surface area contributed by atoms with Gasteiger partial charge in [-0.25, -0.2) is 0 Å². The molecule has 11 heteroatoms. The van der Waals surface area contributed by atoms with Crippen molar-refractivity contribution in [1.82, 2.24) is 9.80 Å². The molecule has 4 aromatic carbocycles. The Morgan fingerprint density at radius 1 is 0.586 bits per heavy atom. The van der Waals surface area contributed by atoms with Crippen molar-refractivity contribution in [3.8, 4) is 34.5 Å². The lowest BCUT2D eigenvalue weighted by atomic mass is 9.93. The predicted octanol–water partition coefficient (Wildman–Crippen LogP) is 10.3. The van der Waals surface area contributed by atoms with Crippen LogP contribution in [0.4, 0.5) is 0 Å². The van der Waals surface area contributed by atoms with Crippen molar-refractivity contribution in [2.75, 3.05) is 74.4 Å². The molecule has 2 heterocycles. The second-order valence-corrected chi connectivity index (χ2v) is 15.5. The summed E-state index contributed by atoms with van der Waals surface area (Å²) in [6.45, 7) is 6.49.